The molecule has 0 fully saturated rings. The van der Waals surface area contributed by atoms with Crippen LogP contribution < -0.4 is 5.32 Å². The van der Waals surface area contributed by atoms with Crippen molar-refractivity contribution in [3.63, 3.8) is 0 Å². The van der Waals surface area contributed by atoms with Crippen molar-refractivity contribution in [1.82, 2.24) is 10.3 Å². The summed E-state index contributed by atoms with van der Waals surface area (Å²) in [5.74, 6) is -0.155. The zero-order valence-electron chi connectivity index (χ0n) is 11.6. The summed E-state index contributed by atoms with van der Waals surface area (Å²) in [5, 5.41) is 4.52. The summed E-state index contributed by atoms with van der Waals surface area (Å²) in [6.07, 6.45) is 3.57. The van der Waals surface area contributed by atoms with Crippen molar-refractivity contribution in [3.05, 3.63) is 50.1 Å². The van der Waals surface area contributed by atoms with Crippen LogP contribution in [0.3, 0.4) is 0 Å². The van der Waals surface area contributed by atoms with E-state index >= 15 is 0 Å². The molecule has 0 aliphatic rings. The van der Waals surface area contributed by atoms with Gasteiger partial charge in [-0.1, -0.05) is 22.9 Å². The molecule has 108 valence electrons. The number of thiazole rings is 1. The highest BCUT2D eigenvalue weighted by atomic mass is 79.9. The molecule has 2 nitrogen and oxygen atoms in total. The highest BCUT2D eigenvalue weighted by Gasteiger charge is 2.16. The molecule has 0 aliphatic heterocycles. The van der Waals surface area contributed by atoms with Crippen LogP contribution in [0, 0.1) is 12.7 Å². The van der Waals surface area contributed by atoms with E-state index in [0.29, 0.717) is 6.42 Å². The van der Waals surface area contributed by atoms with Crippen LogP contribution in [0.2, 0.25) is 0 Å². The number of nitrogens with one attached hydrogen (secondary N) is 1. The van der Waals surface area contributed by atoms with E-state index in [-0.39, 0.29) is 11.9 Å². The molecule has 5 heteroatoms. The first kappa shape index (κ1) is 15.6. The lowest BCUT2D eigenvalue weighted by atomic mass is 10.0. The molecular formula is C15H18BrFN2S. The number of nitrogens with zero attached hydrogens (tertiary/aromatic N) is 1. The summed E-state index contributed by atoms with van der Waals surface area (Å²) in [6, 6.07) is 5.20. The summed E-state index contributed by atoms with van der Waals surface area (Å²) >= 11 is 5.07. The summed E-state index contributed by atoms with van der Waals surface area (Å²) in [4.78, 5) is 5.47. The SMILES string of the molecule is CCCNC(Cc1cc(Br)ccc1F)c1cnc(C)s1. The van der Waals surface area contributed by atoms with Crippen LogP contribution >= 0.6 is 27.3 Å². The van der Waals surface area contributed by atoms with Gasteiger partial charge in [0.1, 0.15) is 5.82 Å². The van der Waals surface area contributed by atoms with Gasteiger partial charge in [0.15, 0.2) is 0 Å². The minimum absolute atomic E-state index is 0.116. The number of hydrogen-bond acceptors (Lipinski definition) is 3. The van der Waals surface area contributed by atoms with E-state index in [0.717, 1.165) is 32.9 Å². The Morgan fingerprint density at radius 1 is 1.45 bits per heavy atom. The lowest BCUT2D eigenvalue weighted by Gasteiger charge is -2.17. The molecule has 20 heavy (non-hydrogen) atoms. The van der Waals surface area contributed by atoms with Gasteiger partial charge < -0.3 is 5.32 Å². The predicted octanol–water partition coefficient (Wildman–Crippen LogP) is 4.64. The zero-order valence-corrected chi connectivity index (χ0v) is 14.0. The first-order chi connectivity index (χ1) is 9.60. The number of benzene rings is 1. The van der Waals surface area contributed by atoms with E-state index in [1.54, 1.807) is 17.4 Å². The van der Waals surface area contributed by atoms with Crippen LogP contribution in [0.25, 0.3) is 0 Å². The van der Waals surface area contributed by atoms with E-state index in [1.807, 2.05) is 19.2 Å². The molecule has 2 aromatic rings. The third-order valence-electron chi connectivity index (χ3n) is 3.06. The Kier molecular flexibility index (Phi) is 5.69. The van der Waals surface area contributed by atoms with Crippen molar-refractivity contribution in [2.75, 3.05) is 6.54 Å². The fraction of sp³-hybridized carbons (Fsp3) is 0.400. The van der Waals surface area contributed by atoms with Gasteiger partial charge in [-0.15, -0.1) is 11.3 Å². The normalized spacial score (nSPS) is 12.6. The van der Waals surface area contributed by atoms with E-state index < -0.39 is 0 Å². The standard InChI is InChI=1S/C15H18BrFN2S/c1-3-6-18-14(15-9-19-10(2)20-15)8-11-7-12(16)4-5-13(11)17/h4-5,7,9,14,18H,3,6,8H2,1-2H3. The average Bonchev–Trinajstić information content (AvgIpc) is 2.85. The summed E-state index contributed by atoms with van der Waals surface area (Å²) in [6.45, 7) is 5.03. The van der Waals surface area contributed by atoms with Crippen molar-refractivity contribution >= 4 is 27.3 Å². The van der Waals surface area contributed by atoms with Crippen molar-refractivity contribution < 1.29 is 4.39 Å². The Morgan fingerprint density at radius 2 is 2.25 bits per heavy atom. The molecule has 1 unspecified atom stereocenters. The maximum atomic E-state index is 13.9. The minimum atomic E-state index is -0.155. The Hall–Kier alpha value is -0.780. The lowest BCUT2D eigenvalue weighted by molar-refractivity contribution is 0.518. The van der Waals surface area contributed by atoms with E-state index in [9.17, 15) is 4.39 Å². The molecule has 0 spiro atoms. The number of aryl methyl sites for hydroxylation is 1. The first-order valence-electron chi connectivity index (χ1n) is 6.69. The molecule has 1 N–H and O–H groups in total. The second-order valence-electron chi connectivity index (χ2n) is 4.73. The van der Waals surface area contributed by atoms with Crippen molar-refractivity contribution in [2.45, 2.75) is 32.7 Å². The fourth-order valence-corrected chi connectivity index (χ4v) is 3.32. The first-order valence-corrected chi connectivity index (χ1v) is 8.30. The molecule has 0 saturated heterocycles. The van der Waals surface area contributed by atoms with Crippen molar-refractivity contribution in [2.24, 2.45) is 0 Å². The fourth-order valence-electron chi connectivity index (χ4n) is 2.05. The van der Waals surface area contributed by atoms with Crippen LogP contribution in [0.4, 0.5) is 4.39 Å². The van der Waals surface area contributed by atoms with E-state index in [4.69, 9.17) is 0 Å². The van der Waals surface area contributed by atoms with Gasteiger partial charge in [0.25, 0.3) is 0 Å². The third-order valence-corrected chi connectivity index (χ3v) is 4.57. The van der Waals surface area contributed by atoms with E-state index in [2.05, 4.69) is 33.2 Å². The van der Waals surface area contributed by atoms with Gasteiger partial charge in [-0.3, -0.25) is 0 Å². The topological polar surface area (TPSA) is 24.9 Å². The van der Waals surface area contributed by atoms with Crippen LogP contribution in [0.15, 0.2) is 28.9 Å². The summed E-state index contributed by atoms with van der Waals surface area (Å²) in [5.41, 5.74) is 0.721. The monoisotopic (exact) mass is 356 g/mol. The predicted molar refractivity (Wildman–Crippen MR) is 85.7 cm³/mol. The van der Waals surface area contributed by atoms with Gasteiger partial charge in [-0.25, -0.2) is 9.37 Å². The van der Waals surface area contributed by atoms with Gasteiger partial charge in [-0.2, -0.15) is 0 Å². The second-order valence-corrected chi connectivity index (χ2v) is 6.91. The number of rotatable bonds is 6. The molecule has 1 aromatic heterocycles. The Bertz CT molecular complexity index is 571. The number of aromatic nitrogens is 1. The molecule has 0 saturated carbocycles. The van der Waals surface area contributed by atoms with Crippen LogP contribution in [-0.4, -0.2) is 11.5 Å². The molecule has 2 rings (SSSR count). The second kappa shape index (κ2) is 7.29. The van der Waals surface area contributed by atoms with Gasteiger partial charge in [0, 0.05) is 21.6 Å². The maximum Gasteiger partial charge on any atom is 0.126 e. The minimum Gasteiger partial charge on any atom is -0.309 e. The van der Waals surface area contributed by atoms with Crippen molar-refractivity contribution in [3.8, 4) is 0 Å². The van der Waals surface area contributed by atoms with Gasteiger partial charge in [0.05, 0.1) is 5.01 Å². The smallest absolute Gasteiger partial charge is 0.126 e. The summed E-state index contributed by atoms with van der Waals surface area (Å²) < 4.78 is 14.8. The number of halogens is 2. The van der Waals surface area contributed by atoms with Crippen LogP contribution in [0.1, 0.15) is 34.8 Å². The largest absolute Gasteiger partial charge is 0.309 e. The molecule has 0 aliphatic carbocycles. The maximum absolute atomic E-state index is 13.9. The van der Waals surface area contributed by atoms with Crippen molar-refractivity contribution in [1.29, 1.82) is 0 Å². The quantitative estimate of drug-likeness (QED) is 0.815. The molecule has 0 bridgehead atoms. The third kappa shape index (κ3) is 4.11. The van der Waals surface area contributed by atoms with Gasteiger partial charge in [0.2, 0.25) is 0 Å². The molecular weight excluding hydrogens is 339 g/mol. The summed E-state index contributed by atoms with van der Waals surface area (Å²) in [7, 11) is 0. The Balaban J connectivity index is 2.21. The van der Waals surface area contributed by atoms with E-state index in [1.165, 1.54) is 6.07 Å². The molecule has 1 aromatic carbocycles. The van der Waals surface area contributed by atoms with Gasteiger partial charge >= 0.3 is 0 Å². The molecule has 1 atom stereocenters. The van der Waals surface area contributed by atoms with Crippen LogP contribution in [0.5, 0.6) is 0 Å². The molecule has 0 radical (unpaired) electrons. The zero-order chi connectivity index (χ0) is 14.5. The van der Waals surface area contributed by atoms with Gasteiger partial charge in [-0.05, 0) is 50.1 Å². The average molecular weight is 357 g/mol. The lowest BCUT2D eigenvalue weighted by Crippen LogP contribution is -2.23. The highest BCUT2D eigenvalue weighted by Crippen LogP contribution is 2.26. The molecule has 1 heterocycles. The number of hydrogen-bond donors (Lipinski definition) is 1. The Labute approximate surface area is 131 Å². The highest BCUT2D eigenvalue weighted by molar-refractivity contribution is 9.10. The molecule has 0 amide bonds. The van der Waals surface area contributed by atoms with Crippen LogP contribution in [-0.2, 0) is 6.42 Å². The Morgan fingerprint density at radius 3 is 2.90 bits per heavy atom.